The van der Waals surface area contributed by atoms with Crippen LogP contribution < -0.4 is 0 Å². The average Bonchev–Trinajstić information content (AvgIpc) is 2.79. The minimum Gasteiger partial charge on any atom is -0.396 e. The van der Waals surface area contributed by atoms with Crippen LogP contribution in [-0.2, 0) is 6.54 Å². The largest absolute Gasteiger partial charge is 0.396 e. The number of nitrogens with zero attached hydrogens (tertiary/aromatic N) is 3. The highest BCUT2D eigenvalue weighted by molar-refractivity contribution is 6.02. The molecule has 1 N–H and O–H groups in total. The molecule has 3 rings (SSSR count). The third kappa shape index (κ3) is 1.75. The normalized spacial score (nSPS) is 11.4. The molecule has 3 aromatic rings. The number of hydrogen-bond acceptors (Lipinski definition) is 3. The highest BCUT2D eigenvalue weighted by Gasteiger charge is 2.08. The molecule has 0 bridgehead atoms. The van der Waals surface area contributed by atoms with Crippen LogP contribution in [0.5, 0.6) is 0 Å². The van der Waals surface area contributed by atoms with Crippen LogP contribution in [0, 0.1) is 6.92 Å². The Balaban J connectivity index is 2.29. The Kier molecular flexibility index (Phi) is 2.72. The maximum Gasteiger partial charge on any atom is 0.107 e. The zero-order valence-corrected chi connectivity index (χ0v) is 10.3. The Bertz CT molecular complexity index is 703. The molecular formula is C14H15N3O. The van der Waals surface area contributed by atoms with E-state index >= 15 is 0 Å². The lowest BCUT2D eigenvalue weighted by molar-refractivity contribution is 0.280. The standard InChI is InChI=1S/C14H15N3O/c1-10-3-4-12-11(7-10)14-13(8-15-12)16-9-17(14)5-2-6-18/h3-4,7-9,18H,2,5-6H2,1H3. The van der Waals surface area contributed by atoms with Crippen LogP contribution in [-0.4, -0.2) is 26.2 Å². The van der Waals surface area contributed by atoms with Gasteiger partial charge in [0.2, 0.25) is 0 Å². The highest BCUT2D eigenvalue weighted by Crippen LogP contribution is 2.24. The predicted octanol–water partition coefficient (Wildman–Crippen LogP) is 2.28. The maximum absolute atomic E-state index is 8.95. The van der Waals surface area contributed by atoms with Gasteiger partial charge in [-0.3, -0.25) is 4.98 Å². The highest BCUT2D eigenvalue weighted by atomic mass is 16.3. The molecule has 18 heavy (non-hydrogen) atoms. The third-order valence-corrected chi connectivity index (χ3v) is 3.16. The van der Waals surface area contributed by atoms with E-state index in [0.717, 1.165) is 34.9 Å². The Morgan fingerprint density at radius 1 is 1.22 bits per heavy atom. The SMILES string of the molecule is Cc1ccc2ncc3ncn(CCCO)c3c2c1. The number of hydrogen-bond donors (Lipinski definition) is 1. The number of aryl methyl sites for hydroxylation is 2. The quantitative estimate of drug-likeness (QED) is 0.765. The molecule has 2 heterocycles. The summed E-state index contributed by atoms with van der Waals surface area (Å²) in [5.74, 6) is 0. The number of fused-ring (bicyclic) bond motifs is 3. The lowest BCUT2D eigenvalue weighted by Crippen LogP contribution is -1.99. The topological polar surface area (TPSA) is 50.9 Å². The van der Waals surface area contributed by atoms with Gasteiger partial charge in [-0.2, -0.15) is 0 Å². The molecule has 92 valence electrons. The number of rotatable bonds is 3. The van der Waals surface area contributed by atoms with Crippen molar-refractivity contribution >= 4 is 21.9 Å². The number of imidazole rings is 1. The van der Waals surface area contributed by atoms with E-state index < -0.39 is 0 Å². The zero-order valence-electron chi connectivity index (χ0n) is 10.3. The molecule has 4 heteroatoms. The second-order valence-electron chi connectivity index (χ2n) is 4.53. The monoisotopic (exact) mass is 241 g/mol. The van der Waals surface area contributed by atoms with Gasteiger partial charge in [0, 0.05) is 18.5 Å². The second-order valence-corrected chi connectivity index (χ2v) is 4.53. The van der Waals surface area contributed by atoms with Crippen LogP contribution in [0.1, 0.15) is 12.0 Å². The molecule has 1 aromatic carbocycles. The summed E-state index contributed by atoms with van der Waals surface area (Å²) in [4.78, 5) is 8.79. The minimum absolute atomic E-state index is 0.196. The summed E-state index contributed by atoms with van der Waals surface area (Å²) >= 11 is 0. The van der Waals surface area contributed by atoms with Crippen molar-refractivity contribution < 1.29 is 5.11 Å². The van der Waals surface area contributed by atoms with E-state index in [1.54, 1.807) is 0 Å². The Morgan fingerprint density at radius 3 is 2.94 bits per heavy atom. The molecule has 0 unspecified atom stereocenters. The van der Waals surface area contributed by atoms with Crippen molar-refractivity contribution in [2.24, 2.45) is 0 Å². The molecule has 0 spiro atoms. The van der Waals surface area contributed by atoms with Crippen molar-refractivity contribution in [1.29, 1.82) is 0 Å². The van der Waals surface area contributed by atoms with Gasteiger partial charge in [-0.25, -0.2) is 4.98 Å². The zero-order chi connectivity index (χ0) is 12.5. The molecule has 0 atom stereocenters. The third-order valence-electron chi connectivity index (χ3n) is 3.16. The van der Waals surface area contributed by atoms with Gasteiger partial charge >= 0.3 is 0 Å². The summed E-state index contributed by atoms with van der Waals surface area (Å²) in [6, 6.07) is 6.24. The number of aliphatic hydroxyl groups is 1. The molecule has 0 fully saturated rings. The second kappa shape index (κ2) is 4.38. The summed E-state index contributed by atoms with van der Waals surface area (Å²) in [5.41, 5.74) is 4.22. The Hall–Kier alpha value is -1.94. The van der Waals surface area contributed by atoms with E-state index in [9.17, 15) is 0 Å². The van der Waals surface area contributed by atoms with E-state index in [1.165, 1.54) is 5.56 Å². The van der Waals surface area contributed by atoms with Crippen LogP contribution in [0.3, 0.4) is 0 Å². The summed E-state index contributed by atoms with van der Waals surface area (Å²) in [5, 5.41) is 10.1. The molecule has 0 amide bonds. The Labute approximate surface area is 105 Å². The van der Waals surface area contributed by atoms with Crippen LogP contribution in [0.4, 0.5) is 0 Å². The van der Waals surface area contributed by atoms with Crippen LogP contribution in [0.15, 0.2) is 30.7 Å². The van der Waals surface area contributed by atoms with Crippen molar-refractivity contribution in [3.8, 4) is 0 Å². The number of benzene rings is 1. The first-order valence-electron chi connectivity index (χ1n) is 6.10. The molecule has 0 radical (unpaired) electrons. The summed E-state index contributed by atoms with van der Waals surface area (Å²) in [6.07, 6.45) is 4.37. The predicted molar refractivity (Wildman–Crippen MR) is 71.5 cm³/mol. The minimum atomic E-state index is 0.196. The molecule has 0 aliphatic carbocycles. The molecular weight excluding hydrogens is 226 g/mol. The fourth-order valence-electron chi connectivity index (χ4n) is 2.28. The lowest BCUT2D eigenvalue weighted by atomic mass is 10.1. The van der Waals surface area contributed by atoms with Crippen molar-refractivity contribution in [3.63, 3.8) is 0 Å². The van der Waals surface area contributed by atoms with Gasteiger partial charge in [0.15, 0.2) is 0 Å². The van der Waals surface area contributed by atoms with Gasteiger partial charge in [0.1, 0.15) is 5.52 Å². The van der Waals surface area contributed by atoms with Gasteiger partial charge in [0.05, 0.1) is 23.6 Å². The van der Waals surface area contributed by atoms with Gasteiger partial charge in [0.25, 0.3) is 0 Å². The smallest absolute Gasteiger partial charge is 0.107 e. The van der Waals surface area contributed by atoms with Crippen molar-refractivity contribution in [3.05, 3.63) is 36.3 Å². The van der Waals surface area contributed by atoms with E-state index in [4.69, 9.17) is 5.11 Å². The van der Waals surface area contributed by atoms with Gasteiger partial charge in [-0.05, 0) is 25.5 Å². The van der Waals surface area contributed by atoms with Gasteiger partial charge < -0.3 is 9.67 Å². The molecule has 0 saturated carbocycles. The number of pyridine rings is 1. The number of aliphatic hydroxyl groups excluding tert-OH is 1. The van der Waals surface area contributed by atoms with Gasteiger partial charge in [-0.1, -0.05) is 11.6 Å². The first-order chi connectivity index (χ1) is 8.79. The first kappa shape index (κ1) is 11.2. The summed E-state index contributed by atoms with van der Waals surface area (Å²) in [6.45, 7) is 3.05. The fourth-order valence-corrected chi connectivity index (χ4v) is 2.28. The van der Waals surface area contributed by atoms with Gasteiger partial charge in [-0.15, -0.1) is 0 Å². The summed E-state index contributed by atoms with van der Waals surface area (Å²) in [7, 11) is 0. The van der Waals surface area contributed by atoms with E-state index in [2.05, 4.69) is 33.6 Å². The average molecular weight is 241 g/mol. The molecule has 2 aromatic heterocycles. The fraction of sp³-hybridized carbons (Fsp3) is 0.286. The number of aromatic nitrogens is 3. The molecule has 4 nitrogen and oxygen atoms in total. The van der Waals surface area contributed by atoms with Crippen LogP contribution in [0.2, 0.25) is 0 Å². The lowest BCUT2D eigenvalue weighted by Gasteiger charge is -2.06. The Morgan fingerprint density at radius 2 is 2.11 bits per heavy atom. The van der Waals surface area contributed by atoms with Crippen LogP contribution >= 0.6 is 0 Å². The summed E-state index contributed by atoms with van der Waals surface area (Å²) < 4.78 is 2.09. The van der Waals surface area contributed by atoms with E-state index in [0.29, 0.717) is 0 Å². The molecule has 0 saturated heterocycles. The van der Waals surface area contributed by atoms with Crippen molar-refractivity contribution in [1.82, 2.24) is 14.5 Å². The van der Waals surface area contributed by atoms with Crippen LogP contribution in [0.25, 0.3) is 21.9 Å². The molecule has 0 aliphatic rings. The molecule has 0 aliphatic heterocycles. The van der Waals surface area contributed by atoms with Crippen molar-refractivity contribution in [2.45, 2.75) is 19.9 Å². The first-order valence-corrected chi connectivity index (χ1v) is 6.10. The van der Waals surface area contributed by atoms with Crippen molar-refractivity contribution in [2.75, 3.05) is 6.61 Å². The van der Waals surface area contributed by atoms with E-state index in [-0.39, 0.29) is 6.61 Å². The van der Waals surface area contributed by atoms with E-state index in [1.807, 2.05) is 18.6 Å². The maximum atomic E-state index is 8.95.